The van der Waals surface area contributed by atoms with Crippen LogP contribution < -0.4 is 10.0 Å². The van der Waals surface area contributed by atoms with E-state index in [9.17, 15) is 8.42 Å². The molecular formula is C14H23BrN2O3S. The number of furan rings is 1. The van der Waals surface area contributed by atoms with Crippen molar-refractivity contribution >= 4 is 26.0 Å². The molecular weight excluding hydrogens is 356 g/mol. The van der Waals surface area contributed by atoms with Crippen molar-refractivity contribution in [2.45, 2.75) is 56.5 Å². The van der Waals surface area contributed by atoms with Crippen LogP contribution >= 0.6 is 15.9 Å². The molecule has 0 saturated heterocycles. The number of hydrogen-bond donors (Lipinski definition) is 2. The third-order valence-corrected chi connectivity index (χ3v) is 6.47. The van der Waals surface area contributed by atoms with Gasteiger partial charge in [0.15, 0.2) is 4.67 Å². The van der Waals surface area contributed by atoms with Crippen LogP contribution in [-0.2, 0) is 16.6 Å². The van der Waals surface area contributed by atoms with E-state index in [1.54, 1.807) is 13.1 Å². The molecule has 0 atom stereocenters. The highest BCUT2D eigenvalue weighted by molar-refractivity contribution is 9.10. The number of halogens is 1. The van der Waals surface area contributed by atoms with Crippen molar-refractivity contribution in [3.63, 3.8) is 0 Å². The molecule has 0 aromatic carbocycles. The summed E-state index contributed by atoms with van der Waals surface area (Å²) in [6.07, 6.45) is 5.20. The maximum atomic E-state index is 12.5. The first-order chi connectivity index (χ1) is 9.96. The summed E-state index contributed by atoms with van der Waals surface area (Å²) in [5, 5.41) is 2.94. The minimum absolute atomic E-state index is 0.0346. The van der Waals surface area contributed by atoms with Crippen molar-refractivity contribution < 1.29 is 12.8 Å². The van der Waals surface area contributed by atoms with Gasteiger partial charge in [-0.1, -0.05) is 13.3 Å². The lowest BCUT2D eigenvalue weighted by atomic mass is 9.85. The van der Waals surface area contributed by atoms with Gasteiger partial charge in [0.25, 0.3) is 0 Å². The Bertz CT molecular complexity index is 563. The summed E-state index contributed by atoms with van der Waals surface area (Å²) in [5.74, 6) is 1.34. The second kappa shape index (κ2) is 7.26. The first kappa shape index (κ1) is 17.0. The van der Waals surface area contributed by atoms with Gasteiger partial charge in [0.05, 0.1) is 6.54 Å². The molecule has 1 fully saturated rings. The molecule has 0 amide bonds. The monoisotopic (exact) mass is 378 g/mol. The molecule has 0 unspecified atom stereocenters. The first-order valence-electron chi connectivity index (χ1n) is 7.41. The van der Waals surface area contributed by atoms with Crippen molar-refractivity contribution in [3.8, 4) is 0 Å². The molecule has 0 spiro atoms. The van der Waals surface area contributed by atoms with Gasteiger partial charge in [0.1, 0.15) is 10.7 Å². The van der Waals surface area contributed by atoms with Crippen LogP contribution in [0, 0.1) is 5.92 Å². The van der Waals surface area contributed by atoms with Gasteiger partial charge in [0, 0.05) is 12.1 Å². The smallest absolute Gasteiger partial charge is 0.245 e. The highest BCUT2D eigenvalue weighted by atomic mass is 79.9. The predicted molar refractivity (Wildman–Crippen MR) is 85.5 cm³/mol. The number of hydrogen-bond acceptors (Lipinski definition) is 4. The van der Waals surface area contributed by atoms with Gasteiger partial charge < -0.3 is 9.73 Å². The molecule has 1 aliphatic carbocycles. The molecule has 1 aromatic rings. The summed E-state index contributed by atoms with van der Waals surface area (Å²) in [5.41, 5.74) is 0. The fourth-order valence-corrected chi connectivity index (χ4v) is 5.12. The Hall–Kier alpha value is -0.370. The van der Waals surface area contributed by atoms with Crippen LogP contribution in [-0.4, -0.2) is 21.5 Å². The van der Waals surface area contributed by atoms with E-state index < -0.39 is 10.0 Å². The van der Waals surface area contributed by atoms with E-state index in [2.05, 4.69) is 32.9 Å². The second-order valence-electron chi connectivity index (χ2n) is 5.63. The van der Waals surface area contributed by atoms with Crippen molar-refractivity contribution in [2.24, 2.45) is 5.92 Å². The van der Waals surface area contributed by atoms with Crippen molar-refractivity contribution in [2.75, 3.05) is 7.05 Å². The van der Waals surface area contributed by atoms with Gasteiger partial charge in [-0.15, -0.1) is 0 Å². The minimum Gasteiger partial charge on any atom is -0.452 e. The van der Waals surface area contributed by atoms with Gasteiger partial charge in [-0.3, -0.25) is 0 Å². The number of sulfonamides is 1. The highest BCUT2D eigenvalue weighted by Gasteiger charge is 2.28. The maximum absolute atomic E-state index is 12.5. The molecule has 2 N–H and O–H groups in total. The third-order valence-electron chi connectivity index (χ3n) is 4.09. The van der Waals surface area contributed by atoms with Crippen LogP contribution in [0.15, 0.2) is 20.0 Å². The van der Waals surface area contributed by atoms with Crippen molar-refractivity contribution in [3.05, 3.63) is 16.5 Å². The maximum Gasteiger partial charge on any atom is 0.245 e. The lowest BCUT2D eigenvalue weighted by Crippen LogP contribution is -2.37. The number of nitrogens with one attached hydrogen (secondary N) is 2. The predicted octanol–water partition coefficient (Wildman–Crippen LogP) is 3.01. The Balaban J connectivity index is 2.05. The molecule has 120 valence electrons. The summed E-state index contributed by atoms with van der Waals surface area (Å²) in [6, 6.07) is 1.60. The topological polar surface area (TPSA) is 71.3 Å². The fraction of sp³-hybridized carbons (Fsp3) is 0.714. The molecule has 1 saturated carbocycles. The van der Waals surface area contributed by atoms with Gasteiger partial charge in [-0.25, -0.2) is 13.1 Å². The van der Waals surface area contributed by atoms with E-state index >= 15 is 0 Å². The molecule has 1 aliphatic rings. The number of rotatable bonds is 6. The van der Waals surface area contributed by atoms with E-state index in [4.69, 9.17) is 4.42 Å². The van der Waals surface area contributed by atoms with Crippen molar-refractivity contribution in [1.29, 1.82) is 0 Å². The molecule has 0 radical (unpaired) electrons. The van der Waals surface area contributed by atoms with Gasteiger partial charge in [-0.05, 0) is 54.6 Å². The van der Waals surface area contributed by atoms with Gasteiger partial charge in [-0.2, -0.15) is 0 Å². The van der Waals surface area contributed by atoms with E-state index in [-0.39, 0.29) is 15.6 Å². The Morgan fingerprint density at radius 2 is 2.00 bits per heavy atom. The molecule has 1 heterocycles. The molecule has 5 nitrogen and oxygen atoms in total. The van der Waals surface area contributed by atoms with Crippen LogP contribution in [0.25, 0.3) is 0 Å². The van der Waals surface area contributed by atoms with Crippen LogP contribution in [0.5, 0.6) is 0 Å². The highest BCUT2D eigenvalue weighted by Crippen LogP contribution is 2.30. The van der Waals surface area contributed by atoms with Crippen LogP contribution in [0.3, 0.4) is 0 Å². The zero-order chi connectivity index (χ0) is 15.5. The van der Waals surface area contributed by atoms with E-state index in [0.717, 1.165) is 31.6 Å². The van der Waals surface area contributed by atoms with Crippen LogP contribution in [0.2, 0.25) is 0 Å². The molecule has 0 aliphatic heterocycles. The SMILES string of the molecule is CCC1CCC(NS(=O)(=O)c2cc(CNC)oc2Br)CC1. The summed E-state index contributed by atoms with van der Waals surface area (Å²) < 4.78 is 33.4. The zero-order valence-electron chi connectivity index (χ0n) is 12.5. The third kappa shape index (κ3) is 4.31. The average Bonchev–Trinajstić information content (AvgIpc) is 2.81. The molecule has 1 aromatic heterocycles. The second-order valence-corrected chi connectivity index (χ2v) is 8.03. The zero-order valence-corrected chi connectivity index (χ0v) is 14.9. The largest absolute Gasteiger partial charge is 0.452 e. The molecule has 0 bridgehead atoms. The van der Waals surface area contributed by atoms with Crippen molar-refractivity contribution in [1.82, 2.24) is 10.0 Å². The minimum atomic E-state index is -3.53. The lowest BCUT2D eigenvalue weighted by molar-refractivity contribution is 0.306. The van der Waals surface area contributed by atoms with Gasteiger partial charge in [0.2, 0.25) is 10.0 Å². The Morgan fingerprint density at radius 1 is 1.33 bits per heavy atom. The first-order valence-corrected chi connectivity index (χ1v) is 9.69. The Morgan fingerprint density at radius 3 is 2.57 bits per heavy atom. The standard InChI is InChI=1S/C14H23BrN2O3S/c1-3-10-4-6-11(7-5-10)17-21(18,19)13-8-12(9-16-2)20-14(13)15/h8,10-11,16-17H,3-7,9H2,1-2H3. The Labute approximate surface area is 135 Å². The summed E-state index contributed by atoms with van der Waals surface area (Å²) in [7, 11) is -1.74. The van der Waals surface area contributed by atoms with E-state index in [0.29, 0.717) is 12.3 Å². The fourth-order valence-electron chi connectivity index (χ4n) is 2.81. The average molecular weight is 379 g/mol. The summed E-state index contributed by atoms with van der Waals surface area (Å²) in [4.78, 5) is 0.186. The quantitative estimate of drug-likeness (QED) is 0.797. The summed E-state index contributed by atoms with van der Waals surface area (Å²) >= 11 is 3.19. The van der Waals surface area contributed by atoms with Crippen LogP contribution in [0.1, 0.15) is 44.8 Å². The summed E-state index contributed by atoms with van der Waals surface area (Å²) in [6.45, 7) is 2.69. The van der Waals surface area contributed by atoms with Crippen LogP contribution in [0.4, 0.5) is 0 Å². The molecule has 21 heavy (non-hydrogen) atoms. The molecule has 7 heteroatoms. The lowest BCUT2D eigenvalue weighted by Gasteiger charge is -2.28. The van der Waals surface area contributed by atoms with E-state index in [1.165, 1.54) is 6.42 Å². The van der Waals surface area contributed by atoms with E-state index in [1.807, 2.05) is 0 Å². The van der Waals surface area contributed by atoms with Gasteiger partial charge >= 0.3 is 0 Å². The normalized spacial score (nSPS) is 23.4. The Kier molecular flexibility index (Phi) is 5.88. The molecule has 2 rings (SSSR count).